The number of benzene rings is 1. The molecule has 1 atom stereocenters. The van der Waals surface area contributed by atoms with Gasteiger partial charge in [0.05, 0.1) is 6.61 Å². The van der Waals surface area contributed by atoms with E-state index in [0.29, 0.717) is 19.6 Å². The van der Waals surface area contributed by atoms with Crippen LogP contribution in [0.15, 0.2) is 24.3 Å². The fraction of sp³-hybridized carbons (Fsp3) is 0.385. The first-order valence-corrected chi connectivity index (χ1v) is 5.62. The van der Waals surface area contributed by atoms with Gasteiger partial charge in [0.2, 0.25) is 0 Å². The molecule has 2 rings (SSSR count). The van der Waals surface area contributed by atoms with Gasteiger partial charge in [-0.2, -0.15) is 0 Å². The van der Waals surface area contributed by atoms with Gasteiger partial charge in [0, 0.05) is 18.7 Å². The van der Waals surface area contributed by atoms with E-state index in [4.69, 9.17) is 4.74 Å². The Balaban J connectivity index is 2.20. The van der Waals surface area contributed by atoms with E-state index in [9.17, 15) is 9.59 Å². The molecule has 0 aliphatic carbocycles. The zero-order valence-corrected chi connectivity index (χ0v) is 9.76. The summed E-state index contributed by atoms with van der Waals surface area (Å²) < 4.78 is 5.28. The number of ether oxygens (including phenoxy) is 1. The molecule has 1 aromatic carbocycles. The lowest BCUT2D eigenvalue weighted by molar-refractivity contribution is -0.116. The molecule has 1 heterocycles. The predicted molar refractivity (Wildman–Crippen MR) is 64.0 cm³/mol. The lowest BCUT2D eigenvalue weighted by Crippen LogP contribution is -2.31. The third-order valence-corrected chi connectivity index (χ3v) is 2.74. The molecule has 1 fully saturated rings. The maximum atomic E-state index is 11.1. The van der Waals surface area contributed by atoms with Gasteiger partial charge < -0.3 is 9.64 Å². The highest BCUT2D eigenvalue weighted by atomic mass is 16.5. The normalized spacial score (nSPS) is 19.4. The van der Waals surface area contributed by atoms with E-state index in [1.54, 1.807) is 6.92 Å². The van der Waals surface area contributed by atoms with E-state index >= 15 is 0 Å². The monoisotopic (exact) mass is 233 g/mol. The number of ketones is 1. The summed E-state index contributed by atoms with van der Waals surface area (Å²) >= 11 is 0. The van der Waals surface area contributed by atoms with Crippen molar-refractivity contribution in [3.05, 3.63) is 29.8 Å². The van der Waals surface area contributed by atoms with Crippen LogP contribution in [-0.4, -0.2) is 31.4 Å². The van der Waals surface area contributed by atoms with Gasteiger partial charge in [-0.1, -0.05) is 12.1 Å². The van der Waals surface area contributed by atoms with E-state index < -0.39 is 6.23 Å². The van der Waals surface area contributed by atoms with E-state index in [1.165, 1.54) is 0 Å². The number of aldehydes is 1. The lowest BCUT2D eigenvalue weighted by Gasteiger charge is -2.21. The highest BCUT2D eigenvalue weighted by Crippen LogP contribution is 2.22. The Morgan fingerprint density at radius 2 is 2.41 bits per heavy atom. The largest absolute Gasteiger partial charge is 0.349 e. The first-order valence-electron chi connectivity index (χ1n) is 5.62. The molecule has 0 aromatic heterocycles. The van der Waals surface area contributed by atoms with Crippen LogP contribution >= 0.6 is 0 Å². The maximum Gasteiger partial charge on any atom is 0.186 e. The highest BCUT2D eigenvalue weighted by molar-refractivity contribution is 5.78. The van der Waals surface area contributed by atoms with Crippen molar-refractivity contribution in [1.29, 1.82) is 0 Å². The highest BCUT2D eigenvalue weighted by Gasteiger charge is 2.24. The Kier molecular flexibility index (Phi) is 3.54. The van der Waals surface area contributed by atoms with Gasteiger partial charge in [-0.25, -0.2) is 0 Å². The number of carbonyl (C=O) groups excluding carboxylic acids is 2. The van der Waals surface area contributed by atoms with Crippen molar-refractivity contribution >= 4 is 17.8 Å². The van der Waals surface area contributed by atoms with Gasteiger partial charge in [-0.3, -0.25) is 9.59 Å². The van der Waals surface area contributed by atoms with Crippen molar-refractivity contribution < 1.29 is 14.3 Å². The zero-order chi connectivity index (χ0) is 12.3. The van der Waals surface area contributed by atoms with Crippen LogP contribution in [0.25, 0.3) is 0 Å². The van der Waals surface area contributed by atoms with E-state index in [0.717, 1.165) is 17.5 Å². The quantitative estimate of drug-likeness (QED) is 0.733. The van der Waals surface area contributed by atoms with Crippen LogP contribution in [0.4, 0.5) is 5.69 Å². The maximum absolute atomic E-state index is 11.1. The standard InChI is InChI=1S/C13H15NO3/c1-10(16)7-11-3-2-4-12(8-11)14-5-6-17-13(14)9-15/h2-4,8-9,13H,5-7H2,1H3. The molecular weight excluding hydrogens is 218 g/mol. The minimum Gasteiger partial charge on any atom is -0.349 e. The molecule has 17 heavy (non-hydrogen) atoms. The van der Waals surface area contributed by atoms with Gasteiger partial charge in [0.25, 0.3) is 0 Å². The number of hydrogen-bond donors (Lipinski definition) is 0. The first kappa shape index (κ1) is 11.8. The Morgan fingerprint density at radius 1 is 1.59 bits per heavy atom. The topological polar surface area (TPSA) is 46.6 Å². The van der Waals surface area contributed by atoms with Crippen molar-refractivity contribution in [2.24, 2.45) is 0 Å². The van der Waals surface area contributed by atoms with Crippen molar-refractivity contribution in [2.75, 3.05) is 18.1 Å². The third kappa shape index (κ3) is 2.71. The van der Waals surface area contributed by atoms with Crippen molar-refractivity contribution in [3.8, 4) is 0 Å². The van der Waals surface area contributed by atoms with Crippen LogP contribution in [0.3, 0.4) is 0 Å². The summed E-state index contributed by atoms with van der Waals surface area (Å²) in [5.41, 5.74) is 1.89. The number of nitrogens with zero attached hydrogens (tertiary/aromatic N) is 1. The molecule has 0 amide bonds. The molecule has 4 heteroatoms. The predicted octanol–water partition coefficient (Wildman–Crippen LogP) is 1.18. The van der Waals surface area contributed by atoms with Gasteiger partial charge in [-0.05, 0) is 24.6 Å². The smallest absolute Gasteiger partial charge is 0.186 e. The summed E-state index contributed by atoms with van der Waals surface area (Å²) in [7, 11) is 0. The summed E-state index contributed by atoms with van der Waals surface area (Å²) in [6.45, 7) is 2.83. The Labute approximate surface area is 100 Å². The first-order chi connectivity index (χ1) is 8.20. The van der Waals surface area contributed by atoms with Gasteiger partial charge >= 0.3 is 0 Å². The molecule has 1 saturated heterocycles. The molecular formula is C13H15NO3. The van der Waals surface area contributed by atoms with E-state index in [-0.39, 0.29) is 5.78 Å². The van der Waals surface area contributed by atoms with E-state index in [1.807, 2.05) is 29.2 Å². The summed E-state index contributed by atoms with van der Waals surface area (Å²) in [6, 6.07) is 7.67. The van der Waals surface area contributed by atoms with Crippen molar-refractivity contribution in [2.45, 2.75) is 19.6 Å². The molecule has 1 aliphatic heterocycles. The number of rotatable bonds is 4. The molecule has 0 bridgehead atoms. The molecule has 4 nitrogen and oxygen atoms in total. The lowest BCUT2D eigenvalue weighted by atomic mass is 10.1. The van der Waals surface area contributed by atoms with Crippen LogP contribution in [0, 0.1) is 0 Å². The Bertz CT molecular complexity index is 430. The molecule has 1 unspecified atom stereocenters. The minimum atomic E-state index is -0.498. The van der Waals surface area contributed by atoms with Crippen molar-refractivity contribution in [1.82, 2.24) is 0 Å². The van der Waals surface area contributed by atoms with Gasteiger partial charge in [-0.15, -0.1) is 0 Å². The SMILES string of the molecule is CC(=O)Cc1cccc(N2CCOC2C=O)c1. The van der Waals surface area contributed by atoms with Crippen LogP contribution in [0.1, 0.15) is 12.5 Å². The molecule has 0 saturated carbocycles. The second kappa shape index (κ2) is 5.10. The average Bonchev–Trinajstić information content (AvgIpc) is 2.76. The molecule has 90 valence electrons. The summed E-state index contributed by atoms with van der Waals surface area (Å²) in [5, 5.41) is 0. The van der Waals surface area contributed by atoms with Crippen molar-refractivity contribution in [3.63, 3.8) is 0 Å². The van der Waals surface area contributed by atoms with Gasteiger partial charge in [0.15, 0.2) is 12.5 Å². The van der Waals surface area contributed by atoms with E-state index in [2.05, 4.69) is 0 Å². The number of Topliss-reactive ketones (excluding diaryl/α,β-unsaturated/α-hetero) is 1. The summed E-state index contributed by atoms with van der Waals surface area (Å²) in [5.74, 6) is 0.131. The molecule has 1 aliphatic rings. The van der Waals surface area contributed by atoms with Gasteiger partial charge in [0.1, 0.15) is 5.78 Å². The fourth-order valence-corrected chi connectivity index (χ4v) is 2.01. The Morgan fingerprint density at radius 3 is 3.12 bits per heavy atom. The number of hydrogen-bond acceptors (Lipinski definition) is 4. The summed E-state index contributed by atoms with van der Waals surface area (Å²) in [4.78, 5) is 23.8. The number of carbonyl (C=O) groups is 2. The molecule has 0 N–H and O–H groups in total. The van der Waals surface area contributed by atoms with Crippen LogP contribution in [0.5, 0.6) is 0 Å². The second-order valence-corrected chi connectivity index (χ2v) is 4.14. The fourth-order valence-electron chi connectivity index (χ4n) is 2.01. The zero-order valence-electron chi connectivity index (χ0n) is 9.76. The molecule has 1 aromatic rings. The number of anilines is 1. The summed E-state index contributed by atoms with van der Waals surface area (Å²) in [6.07, 6.45) is 0.724. The van der Waals surface area contributed by atoms with Crippen LogP contribution in [-0.2, 0) is 20.7 Å². The molecule has 0 spiro atoms. The average molecular weight is 233 g/mol. The van der Waals surface area contributed by atoms with Crippen LogP contribution < -0.4 is 4.90 Å². The third-order valence-electron chi connectivity index (χ3n) is 2.74. The molecule has 0 radical (unpaired) electrons. The minimum absolute atomic E-state index is 0.131. The Hall–Kier alpha value is -1.68. The second-order valence-electron chi connectivity index (χ2n) is 4.14. The van der Waals surface area contributed by atoms with Crippen LogP contribution in [0.2, 0.25) is 0 Å².